The summed E-state index contributed by atoms with van der Waals surface area (Å²) in [6.07, 6.45) is 1.60. The summed E-state index contributed by atoms with van der Waals surface area (Å²) in [7, 11) is 0. The van der Waals surface area contributed by atoms with E-state index in [0.29, 0.717) is 5.75 Å². The minimum Gasteiger partial charge on any atom is -0.481 e. The van der Waals surface area contributed by atoms with E-state index in [1.807, 2.05) is 6.26 Å². The molecule has 3 amide bonds. The number of nitrogens with two attached hydrogens (primary N) is 3. The molecule has 15 heteroatoms. The number of guanidine groups is 1. The molecule has 0 bridgehead atoms. The third kappa shape index (κ3) is 13.7. The van der Waals surface area contributed by atoms with Crippen LogP contribution in [0.15, 0.2) is 4.99 Å². The number of nitrogens with zero attached hydrogens (tertiary/aromatic N) is 1. The molecule has 0 heterocycles. The molecule has 0 aliphatic heterocycles. The van der Waals surface area contributed by atoms with Gasteiger partial charge in [-0.2, -0.15) is 11.8 Å². The Balaban J connectivity index is 5.62. The molecule has 0 fully saturated rings. The molecule has 4 unspecified atom stereocenters. The molecule has 0 spiro atoms. The lowest BCUT2D eigenvalue weighted by Crippen LogP contribution is -2.57. The maximum atomic E-state index is 13.1. The Labute approximate surface area is 214 Å². The summed E-state index contributed by atoms with van der Waals surface area (Å²) in [5.41, 5.74) is 16.5. The molecule has 0 saturated carbocycles. The van der Waals surface area contributed by atoms with Gasteiger partial charge in [0, 0.05) is 13.0 Å². The van der Waals surface area contributed by atoms with Crippen molar-refractivity contribution in [3.8, 4) is 0 Å². The SMILES string of the molecule is CSCCC(NC(=O)C(N)C(C)C)C(=O)NC(CCCN=C(N)N)C(=O)NC(CCC(=O)O)C(=O)O. The molecular weight excluding hydrogens is 494 g/mol. The second-order valence-corrected chi connectivity index (χ2v) is 9.44. The second-order valence-electron chi connectivity index (χ2n) is 8.45. The van der Waals surface area contributed by atoms with E-state index >= 15 is 0 Å². The number of nitrogens with one attached hydrogen (secondary N) is 3. The molecule has 206 valence electrons. The number of hydrogen-bond donors (Lipinski definition) is 8. The molecule has 4 atom stereocenters. The Kier molecular flexibility index (Phi) is 15.9. The minimum absolute atomic E-state index is 0.0499. The fourth-order valence-corrected chi connectivity index (χ4v) is 3.39. The molecular formula is C21H39N7O7S. The van der Waals surface area contributed by atoms with Crippen LogP contribution in [0.4, 0.5) is 0 Å². The van der Waals surface area contributed by atoms with Crippen LogP contribution in [0.5, 0.6) is 0 Å². The maximum absolute atomic E-state index is 13.1. The predicted molar refractivity (Wildman–Crippen MR) is 136 cm³/mol. The largest absolute Gasteiger partial charge is 0.481 e. The van der Waals surface area contributed by atoms with Crippen LogP contribution < -0.4 is 33.2 Å². The van der Waals surface area contributed by atoms with Gasteiger partial charge in [-0.1, -0.05) is 13.8 Å². The van der Waals surface area contributed by atoms with Gasteiger partial charge in [0.1, 0.15) is 18.1 Å². The van der Waals surface area contributed by atoms with E-state index in [9.17, 15) is 29.1 Å². The number of aliphatic imine (C=N–C) groups is 1. The number of thioether (sulfide) groups is 1. The van der Waals surface area contributed by atoms with Gasteiger partial charge in [0.15, 0.2) is 5.96 Å². The van der Waals surface area contributed by atoms with E-state index in [1.54, 1.807) is 13.8 Å². The molecule has 0 aromatic rings. The number of carboxylic acids is 2. The lowest BCUT2D eigenvalue weighted by molar-refractivity contribution is -0.143. The summed E-state index contributed by atoms with van der Waals surface area (Å²) in [6, 6.07) is -4.48. The highest BCUT2D eigenvalue weighted by atomic mass is 32.2. The van der Waals surface area contributed by atoms with Crippen molar-refractivity contribution in [2.75, 3.05) is 18.6 Å². The quantitative estimate of drug-likeness (QED) is 0.0553. The number of carbonyl (C=O) groups excluding carboxylic acids is 3. The maximum Gasteiger partial charge on any atom is 0.326 e. The first-order valence-corrected chi connectivity index (χ1v) is 12.8. The van der Waals surface area contributed by atoms with E-state index in [2.05, 4.69) is 20.9 Å². The smallest absolute Gasteiger partial charge is 0.326 e. The third-order valence-corrected chi connectivity index (χ3v) is 5.75. The fourth-order valence-electron chi connectivity index (χ4n) is 2.92. The zero-order chi connectivity index (χ0) is 27.8. The molecule has 36 heavy (non-hydrogen) atoms. The zero-order valence-electron chi connectivity index (χ0n) is 20.9. The first-order valence-electron chi connectivity index (χ1n) is 11.5. The topological polar surface area (TPSA) is 252 Å². The predicted octanol–water partition coefficient (Wildman–Crippen LogP) is -1.82. The summed E-state index contributed by atoms with van der Waals surface area (Å²) in [5, 5.41) is 25.6. The van der Waals surface area contributed by atoms with Crippen molar-refractivity contribution in [2.45, 2.75) is 70.1 Å². The van der Waals surface area contributed by atoms with Crippen molar-refractivity contribution in [1.29, 1.82) is 0 Å². The van der Waals surface area contributed by atoms with Gasteiger partial charge < -0.3 is 43.4 Å². The monoisotopic (exact) mass is 533 g/mol. The van der Waals surface area contributed by atoms with Crippen LogP contribution in [0.3, 0.4) is 0 Å². The second kappa shape index (κ2) is 17.4. The Morgan fingerprint density at radius 1 is 0.861 bits per heavy atom. The molecule has 0 saturated heterocycles. The van der Waals surface area contributed by atoms with Crippen molar-refractivity contribution >= 4 is 47.4 Å². The zero-order valence-corrected chi connectivity index (χ0v) is 21.7. The molecule has 11 N–H and O–H groups in total. The summed E-state index contributed by atoms with van der Waals surface area (Å²) in [5.74, 6) is -4.39. The van der Waals surface area contributed by atoms with E-state index < -0.39 is 60.2 Å². The number of aliphatic carboxylic acids is 2. The summed E-state index contributed by atoms with van der Waals surface area (Å²) >= 11 is 1.46. The van der Waals surface area contributed by atoms with Gasteiger partial charge in [0.25, 0.3) is 0 Å². The lowest BCUT2D eigenvalue weighted by Gasteiger charge is -2.25. The van der Waals surface area contributed by atoms with Crippen molar-refractivity contribution in [3.63, 3.8) is 0 Å². The molecule has 0 aromatic heterocycles. The van der Waals surface area contributed by atoms with Crippen LogP contribution in [0.1, 0.15) is 46.0 Å². The molecule has 0 rings (SSSR count). The van der Waals surface area contributed by atoms with Gasteiger partial charge in [-0.3, -0.25) is 24.2 Å². The van der Waals surface area contributed by atoms with Gasteiger partial charge in [-0.05, 0) is 43.6 Å². The lowest BCUT2D eigenvalue weighted by atomic mass is 10.0. The standard InChI is InChI=1S/C21H39N7O7S/c1-11(2)16(22)19(33)27-13(8-10-36-3)18(32)26-12(5-4-9-25-21(23)24)17(31)28-14(20(34)35)6-7-15(29)30/h11-14,16H,4-10,22H2,1-3H3,(H,26,32)(H,27,33)(H,28,31)(H,29,30)(H,34,35)(H4,23,24,25). The highest BCUT2D eigenvalue weighted by Crippen LogP contribution is 2.07. The van der Waals surface area contributed by atoms with Crippen LogP contribution in [0, 0.1) is 5.92 Å². The Morgan fingerprint density at radius 3 is 1.86 bits per heavy atom. The van der Waals surface area contributed by atoms with Crippen LogP contribution in [-0.4, -0.2) is 88.6 Å². The Morgan fingerprint density at radius 2 is 1.39 bits per heavy atom. The number of amides is 3. The minimum atomic E-state index is -1.47. The molecule has 0 aromatic carbocycles. The number of hydrogen-bond acceptors (Lipinski definition) is 8. The van der Waals surface area contributed by atoms with Crippen LogP contribution in [0.25, 0.3) is 0 Å². The Bertz CT molecular complexity index is 791. The summed E-state index contributed by atoms with van der Waals surface area (Å²) in [6.45, 7) is 3.68. The van der Waals surface area contributed by atoms with E-state index in [0.717, 1.165) is 0 Å². The highest BCUT2D eigenvalue weighted by molar-refractivity contribution is 7.98. The number of rotatable bonds is 18. The van der Waals surface area contributed by atoms with Gasteiger partial charge in [0.2, 0.25) is 17.7 Å². The molecule has 14 nitrogen and oxygen atoms in total. The Hall–Kier alpha value is -3.07. The molecule has 0 radical (unpaired) electrons. The van der Waals surface area contributed by atoms with E-state index in [-0.39, 0.29) is 44.1 Å². The van der Waals surface area contributed by atoms with E-state index in [1.165, 1.54) is 11.8 Å². The van der Waals surface area contributed by atoms with Crippen LogP contribution >= 0.6 is 11.8 Å². The van der Waals surface area contributed by atoms with Gasteiger partial charge >= 0.3 is 11.9 Å². The normalized spacial score (nSPS) is 14.1. The summed E-state index contributed by atoms with van der Waals surface area (Å²) in [4.78, 5) is 64.5. The molecule has 0 aliphatic rings. The average molecular weight is 534 g/mol. The summed E-state index contributed by atoms with van der Waals surface area (Å²) < 4.78 is 0. The average Bonchev–Trinajstić information content (AvgIpc) is 2.79. The molecule has 0 aliphatic carbocycles. The van der Waals surface area contributed by atoms with Crippen LogP contribution in [0.2, 0.25) is 0 Å². The van der Waals surface area contributed by atoms with Gasteiger partial charge in [-0.15, -0.1) is 0 Å². The van der Waals surface area contributed by atoms with Crippen molar-refractivity contribution < 1.29 is 34.2 Å². The third-order valence-electron chi connectivity index (χ3n) is 5.10. The first kappa shape index (κ1) is 32.9. The number of carbonyl (C=O) groups is 5. The van der Waals surface area contributed by atoms with Crippen molar-refractivity contribution in [2.24, 2.45) is 28.1 Å². The number of carboxylic acid groups (broad SMARTS) is 2. The van der Waals surface area contributed by atoms with E-state index in [4.69, 9.17) is 22.3 Å². The highest BCUT2D eigenvalue weighted by Gasteiger charge is 2.30. The van der Waals surface area contributed by atoms with Crippen molar-refractivity contribution in [3.05, 3.63) is 0 Å². The van der Waals surface area contributed by atoms with Crippen molar-refractivity contribution in [1.82, 2.24) is 16.0 Å². The van der Waals surface area contributed by atoms with Gasteiger partial charge in [-0.25, -0.2) is 4.79 Å². The van der Waals surface area contributed by atoms with Gasteiger partial charge in [0.05, 0.1) is 6.04 Å². The van der Waals surface area contributed by atoms with Crippen LogP contribution in [-0.2, 0) is 24.0 Å². The fraction of sp³-hybridized carbons (Fsp3) is 0.714. The first-order chi connectivity index (χ1) is 16.8.